The molecule has 2 atom stereocenters. The first-order valence-electron chi connectivity index (χ1n) is 13.5. The van der Waals surface area contributed by atoms with Crippen molar-refractivity contribution in [1.29, 1.82) is 0 Å². The summed E-state index contributed by atoms with van der Waals surface area (Å²) in [5.41, 5.74) is 1.87. The molecular weight excluding hydrogens is 497 g/mol. The Morgan fingerprint density at radius 3 is 2.79 bits per heavy atom. The highest BCUT2D eigenvalue weighted by atomic mass is 35.5. The van der Waals surface area contributed by atoms with Crippen LogP contribution in [0.4, 0.5) is 5.69 Å². The molecule has 0 aliphatic carbocycles. The van der Waals surface area contributed by atoms with Crippen LogP contribution in [0.3, 0.4) is 0 Å². The predicted octanol–water partition coefficient (Wildman–Crippen LogP) is 4.07. The first-order chi connectivity index (χ1) is 18.3. The Balaban J connectivity index is 0.000000256. The Kier molecular flexibility index (Phi) is 11.5. The van der Waals surface area contributed by atoms with Crippen molar-refractivity contribution < 1.29 is 9.59 Å². The summed E-state index contributed by atoms with van der Waals surface area (Å²) in [4.78, 5) is 29.8. The van der Waals surface area contributed by atoms with Gasteiger partial charge in [-0.2, -0.15) is 0 Å². The fourth-order valence-corrected chi connectivity index (χ4v) is 5.31. The molecule has 1 aromatic rings. The molecule has 3 saturated heterocycles. The smallest absolute Gasteiger partial charge is 0.271 e. The van der Waals surface area contributed by atoms with Crippen LogP contribution in [0.5, 0.6) is 0 Å². The molecule has 1 aromatic carbocycles. The van der Waals surface area contributed by atoms with Gasteiger partial charge in [-0.3, -0.25) is 14.5 Å². The van der Waals surface area contributed by atoms with Crippen LogP contribution in [-0.4, -0.2) is 87.2 Å². The summed E-state index contributed by atoms with van der Waals surface area (Å²) in [7, 11) is 6.30. The highest BCUT2D eigenvalue weighted by Gasteiger charge is 2.44. The number of anilines is 1. The van der Waals surface area contributed by atoms with Crippen LogP contribution in [0.15, 0.2) is 60.5 Å². The minimum absolute atomic E-state index is 0.0571. The second-order valence-electron chi connectivity index (χ2n) is 10.3. The lowest BCUT2D eigenvalue weighted by Gasteiger charge is -2.36. The Morgan fingerprint density at radius 1 is 1.34 bits per heavy atom. The van der Waals surface area contributed by atoms with Gasteiger partial charge in [0.25, 0.3) is 5.91 Å². The van der Waals surface area contributed by atoms with E-state index in [-0.39, 0.29) is 11.2 Å². The first kappa shape index (κ1) is 30.0. The zero-order valence-corrected chi connectivity index (χ0v) is 23.6. The van der Waals surface area contributed by atoms with Crippen molar-refractivity contribution in [3.05, 3.63) is 65.5 Å². The van der Waals surface area contributed by atoms with Crippen molar-refractivity contribution in [3.63, 3.8) is 0 Å². The molecular formula is C29H41BClN5O2. The molecule has 0 bridgehead atoms. The Morgan fingerprint density at radius 2 is 2.13 bits per heavy atom. The monoisotopic (exact) mass is 537 g/mol. The van der Waals surface area contributed by atoms with E-state index in [0.29, 0.717) is 42.0 Å². The standard InChI is InChI=1S/C19H24ClN3O2.C10H17BN2/c1-3-4-5-10-18(23-12-11-22(14-24)13-15(23)2)19(25)21-17-9-7-6-8-16(17)20;1-2-3-4-13-6-9-5-12-7-10(9,11)8-13/h6-10,14H,2-5,11-13H2,1H3,(H,21,25);2-3,9,12H,4-8H2,1H3/b18-10-;3-2+. The Bertz CT molecular complexity index is 1030. The van der Waals surface area contributed by atoms with Gasteiger partial charge < -0.3 is 20.4 Å². The Labute approximate surface area is 234 Å². The van der Waals surface area contributed by atoms with Crippen LogP contribution in [0.2, 0.25) is 10.3 Å². The minimum atomic E-state index is -0.218. The van der Waals surface area contributed by atoms with Gasteiger partial charge in [0.05, 0.1) is 25.1 Å². The second-order valence-corrected chi connectivity index (χ2v) is 10.7. The number of hydrogen-bond donors (Lipinski definition) is 2. The van der Waals surface area contributed by atoms with Gasteiger partial charge in [0.15, 0.2) is 0 Å². The number of nitrogens with zero attached hydrogens (tertiary/aromatic N) is 3. The number of amides is 2. The van der Waals surface area contributed by atoms with Crippen LogP contribution in [0.25, 0.3) is 0 Å². The molecule has 2 unspecified atom stereocenters. The topological polar surface area (TPSA) is 67.9 Å². The quantitative estimate of drug-likeness (QED) is 0.163. The zero-order valence-electron chi connectivity index (χ0n) is 22.8. The number of halogens is 1. The van der Waals surface area contributed by atoms with E-state index in [9.17, 15) is 9.59 Å². The van der Waals surface area contributed by atoms with Gasteiger partial charge in [-0.15, -0.1) is 0 Å². The van der Waals surface area contributed by atoms with E-state index >= 15 is 0 Å². The average Bonchev–Trinajstić information content (AvgIpc) is 3.41. The van der Waals surface area contributed by atoms with Gasteiger partial charge in [0, 0.05) is 31.9 Å². The number of allylic oxidation sites excluding steroid dienone is 2. The lowest BCUT2D eigenvalue weighted by atomic mass is 9.64. The van der Waals surface area contributed by atoms with Crippen LogP contribution >= 0.6 is 11.6 Å². The van der Waals surface area contributed by atoms with Gasteiger partial charge in [-0.1, -0.05) is 61.9 Å². The van der Waals surface area contributed by atoms with Crippen molar-refractivity contribution in [2.75, 3.05) is 57.7 Å². The molecule has 3 aliphatic rings. The molecule has 2 N–H and O–H groups in total. The average molecular weight is 538 g/mol. The number of likely N-dealkylation sites (tertiary alicyclic amines) is 1. The molecule has 2 radical (unpaired) electrons. The fourth-order valence-electron chi connectivity index (χ4n) is 5.13. The van der Waals surface area contributed by atoms with Gasteiger partial charge in [0.1, 0.15) is 5.70 Å². The normalized spacial score (nSPS) is 23.8. The van der Waals surface area contributed by atoms with Crippen molar-refractivity contribution in [2.45, 2.75) is 38.4 Å². The molecule has 0 spiro atoms. The molecule has 0 aromatic heterocycles. The van der Waals surface area contributed by atoms with Gasteiger partial charge in [-0.25, -0.2) is 0 Å². The maximum atomic E-state index is 12.9. The summed E-state index contributed by atoms with van der Waals surface area (Å²) >= 11 is 6.14. The number of rotatable bonds is 9. The van der Waals surface area contributed by atoms with Gasteiger partial charge >= 0.3 is 0 Å². The van der Waals surface area contributed by atoms with Crippen LogP contribution in [0, 0.1) is 5.92 Å². The summed E-state index contributed by atoms with van der Waals surface area (Å²) < 4.78 is 0. The van der Waals surface area contributed by atoms with Crippen LogP contribution in [-0.2, 0) is 9.59 Å². The van der Waals surface area contributed by atoms with E-state index < -0.39 is 0 Å². The summed E-state index contributed by atoms with van der Waals surface area (Å²) in [6, 6.07) is 7.14. The summed E-state index contributed by atoms with van der Waals surface area (Å²) in [5.74, 6) is 0.447. The van der Waals surface area contributed by atoms with Crippen molar-refractivity contribution in [1.82, 2.24) is 20.0 Å². The third kappa shape index (κ3) is 7.98. The summed E-state index contributed by atoms with van der Waals surface area (Å²) in [5, 5.41) is 6.80. The van der Waals surface area contributed by atoms with E-state index in [1.54, 1.807) is 17.0 Å². The molecule has 9 heteroatoms. The lowest BCUT2D eigenvalue weighted by molar-refractivity contribution is -0.118. The lowest BCUT2D eigenvalue weighted by Crippen LogP contribution is -2.45. The van der Waals surface area contributed by atoms with E-state index in [1.165, 1.54) is 0 Å². The van der Waals surface area contributed by atoms with E-state index in [1.807, 2.05) is 23.1 Å². The summed E-state index contributed by atoms with van der Waals surface area (Å²) in [6.07, 6.45) is 9.93. The van der Waals surface area contributed by atoms with Crippen molar-refractivity contribution in [2.24, 2.45) is 5.92 Å². The molecule has 2 amide bonds. The number of hydrogen-bond acceptors (Lipinski definition) is 5. The molecule has 4 rings (SSSR count). The third-order valence-electron chi connectivity index (χ3n) is 7.32. The highest BCUT2D eigenvalue weighted by Crippen LogP contribution is 2.42. The minimum Gasteiger partial charge on any atom is -0.338 e. The molecule has 3 aliphatic heterocycles. The molecule has 0 saturated carbocycles. The van der Waals surface area contributed by atoms with E-state index in [2.05, 4.69) is 48.1 Å². The first-order valence-corrected chi connectivity index (χ1v) is 13.9. The van der Waals surface area contributed by atoms with Crippen molar-refractivity contribution >= 4 is 37.5 Å². The van der Waals surface area contributed by atoms with Gasteiger partial charge in [0.2, 0.25) is 6.41 Å². The van der Waals surface area contributed by atoms with Crippen molar-refractivity contribution in [3.8, 4) is 0 Å². The number of piperazine rings is 1. The number of carbonyl (C=O) groups is 2. The van der Waals surface area contributed by atoms with E-state index in [4.69, 9.17) is 19.4 Å². The number of benzene rings is 1. The molecule has 3 fully saturated rings. The summed E-state index contributed by atoms with van der Waals surface area (Å²) in [6.45, 7) is 15.1. The number of para-hydroxylation sites is 1. The maximum absolute atomic E-state index is 12.9. The Hall–Kier alpha value is -2.55. The SMILES string of the molecule is C=C1CN(C=O)CCN1/C(=C\CCCC)C(=O)Nc1ccccc1Cl.[B]C12CNCC1CN(C/C=C/C)C2. The number of carbonyl (C=O) groups excluding carboxylic acids is 2. The highest BCUT2D eigenvalue weighted by molar-refractivity contribution is 6.33. The molecule has 7 nitrogen and oxygen atoms in total. The largest absolute Gasteiger partial charge is 0.338 e. The van der Waals surface area contributed by atoms with E-state index in [0.717, 1.165) is 64.1 Å². The molecule has 38 heavy (non-hydrogen) atoms. The second kappa shape index (κ2) is 14.6. The zero-order chi connectivity index (χ0) is 27.5. The number of nitrogens with one attached hydrogen (secondary N) is 2. The number of fused-ring (bicyclic) bond motifs is 1. The van der Waals surface area contributed by atoms with Crippen LogP contribution in [0.1, 0.15) is 33.1 Å². The third-order valence-corrected chi connectivity index (χ3v) is 7.65. The maximum Gasteiger partial charge on any atom is 0.271 e. The van der Waals surface area contributed by atoms with Crippen LogP contribution < -0.4 is 10.6 Å². The van der Waals surface area contributed by atoms with Gasteiger partial charge in [-0.05, 0) is 62.8 Å². The predicted molar refractivity (Wildman–Crippen MR) is 157 cm³/mol. The number of unbranched alkanes of at least 4 members (excludes halogenated alkanes) is 2. The molecule has 204 valence electrons. The fraction of sp³-hybridized carbons (Fsp3) is 0.517. The molecule has 3 heterocycles.